The number of alkyl halides is 1. The predicted octanol–water partition coefficient (Wildman–Crippen LogP) is 2.38. The zero-order chi connectivity index (χ0) is 12.5. The van der Waals surface area contributed by atoms with Crippen LogP contribution in [0, 0.1) is 0 Å². The third-order valence-electron chi connectivity index (χ3n) is 2.73. The van der Waals surface area contributed by atoms with E-state index in [0.717, 1.165) is 25.9 Å². The Bertz CT molecular complexity index is 288. The Morgan fingerprint density at radius 3 is 2.53 bits per heavy atom. The van der Waals surface area contributed by atoms with E-state index in [1.807, 2.05) is 6.07 Å². The van der Waals surface area contributed by atoms with Crippen LogP contribution < -0.4 is 5.32 Å². The van der Waals surface area contributed by atoms with Crippen molar-refractivity contribution in [3.05, 3.63) is 35.9 Å². The fourth-order valence-corrected chi connectivity index (χ4v) is 2.00. The molecule has 0 amide bonds. The van der Waals surface area contributed by atoms with Gasteiger partial charge in [0, 0.05) is 11.9 Å². The van der Waals surface area contributed by atoms with Crippen LogP contribution in [0.1, 0.15) is 12.0 Å². The summed E-state index contributed by atoms with van der Waals surface area (Å²) in [5, 5.41) is 3.51. The highest BCUT2D eigenvalue weighted by Gasteiger charge is 2.06. The van der Waals surface area contributed by atoms with Crippen molar-refractivity contribution in [3.63, 3.8) is 0 Å². The molecule has 96 valence electrons. The lowest BCUT2D eigenvalue weighted by Crippen LogP contribution is -2.34. The van der Waals surface area contributed by atoms with Gasteiger partial charge in [-0.3, -0.25) is 0 Å². The van der Waals surface area contributed by atoms with Crippen molar-refractivity contribution >= 4 is 11.6 Å². The Hall–Kier alpha value is -0.570. The van der Waals surface area contributed by atoms with Gasteiger partial charge in [0.2, 0.25) is 0 Å². The molecule has 0 heterocycles. The van der Waals surface area contributed by atoms with Crippen LogP contribution in [0.15, 0.2) is 30.3 Å². The summed E-state index contributed by atoms with van der Waals surface area (Å²) in [4.78, 5) is 2.20. The minimum atomic E-state index is 0.376. The first-order valence-electron chi connectivity index (χ1n) is 6.20. The Morgan fingerprint density at radius 2 is 1.94 bits per heavy atom. The van der Waals surface area contributed by atoms with Crippen molar-refractivity contribution in [2.75, 3.05) is 33.1 Å². The van der Waals surface area contributed by atoms with Gasteiger partial charge in [0.1, 0.15) is 0 Å². The van der Waals surface area contributed by atoms with Gasteiger partial charge in [-0.05, 0) is 45.6 Å². The molecule has 1 unspecified atom stereocenters. The van der Waals surface area contributed by atoms with E-state index in [2.05, 4.69) is 48.6 Å². The molecule has 0 radical (unpaired) electrons. The van der Waals surface area contributed by atoms with E-state index in [9.17, 15) is 0 Å². The third kappa shape index (κ3) is 6.67. The van der Waals surface area contributed by atoms with Crippen LogP contribution in [0.3, 0.4) is 0 Å². The van der Waals surface area contributed by atoms with Crippen molar-refractivity contribution in [1.29, 1.82) is 0 Å². The van der Waals surface area contributed by atoms with Crippen molar-refractivity contribution in [1.82, 2.24) is 10.2 Å². The van der Waals surface area contributed by atoms with Crippen molar-refractivity contribution < 1.29 is 0 Å². The second-order valence-corrected chi connectivity index (χ2v) is 4.96. The summed E-state index contributed by atoms with van der Waals surface area (Å²) < 4.78 is 0. The largest absolute Gasteiger partial charge is 0.312 e. The molecule has 1 aromatic rings. The van der Waals surface area contributed by atoms with E-state index in [-0.39, 0.29) is 0 Å². The van der Waals surface area contributed by atoms with E-state index < -0.39 is 0 Å². The highest BCUT2D eigenvalue weighted by Crippen LogP contribution is 2.04. The second-order valence-electron chi connectivity index (χ2n) is 4.65. The van der Waals surface area contributed by atoms with Gasteiger partial charge in [-0.15, -0.1) is 11.6 Å². The fraction of sp³-hybridized carbons (Fsp3) is 0.571. The molecule has 0 aliphatic carbocycles. The van der Waals surface area contributed by atoms with E-state index in [1.54, 1.807) is 0 Å². The molecule has 0 bridgehead atoms. The van der Waals surface area contributed by atoms with Crippen LogP contribution in [-0.4, -0.2) is 44.0 Å². The lowest BCUT2D eigenvalue weighted by molar-refractivity contribution is 0.388. The van der Waals surface area contributed by atoms with Gasteiger partial charge in [-0.1, -0.05) is 30.3 Å². The Kier molecular flexibility index (Phi) is 7.25. The van der Waals surface area contributed by atoms with Gasteiger partial charge in [-0.2, -0.15) is 0 Å². The number of hydrogen-bond acceptors (Lipinski definition) is 2. The van der Waals surface area contributed by atoms with Crippen molar-refractivity contribution in [3.8, 4) is 0 Å². The summed E-state index contributed by atoms with van der Waals surface area (Å²) in [6, 6.07) is 10.9. The summed E-state index contributed by atoms with van der Waals surface area (Å²) in [5.74, 6) is 0.664. The van der Waals surface area contributed by atoms with Crippen LogP contribution >= 0.6 is 11.6 Å². The molecule has 0 saturated heterocycles. The molecule has 0 saturated carbocycles. The third-order valence-corrected chi connectivity index (χ3v) is 3.10. The number of benzene rings is 1. The monoisotopic (exact) mass is 254 g/mol. The first kappa shape index (κ1) is 14.5. The molecule has 17 heavy (non-hydrogen) atoms. The molecule has 0 aliphatic heterocycles. The maximum atomic E-state index is 5.99. The minimum absolute atomic E-state index is 0.376. The molecule has 0 spiro atoms. The molecular weight excluding hydrogens is 232 g/mol. The highest BCUT2D eigenvalue weighted by atomic mass is 35.5. The van der Waals surface area contributed by atoms with Crippen LogP contribution in [0.5, 0.6) is 0 Å². The summed E-state index contributed by atoms with van der Waals surface area (Å²) in [6.45, 7) is 2.15. The van der Waals surface area contributed by atoms with Gasteiger partial charge in [0.15, 0.2) is 0 Å². The lowest BCUT2D eigenvalue weighted by atomic mass is 10.1. The molecule has 1 atom stereocenters. The van der Waals surface area contributed by atoms with Crippen molar-refractivity contribution in [2.45, 2.75) is 18.9 Å². The molecule has 2 nitrogen and oxygen atoms in total. The number of nitrogens with one attached hydrogen (secondary N) is 1. The number of rotatable bonds is 8. The second kappa shape index (κ2) is 8.51. The molecule has 1 aromatic carbocycles. The van der Waals surface area contributed by atoms with Crippen LogP contribution in [0.25, 0.3) is 0 Å². The molecule has 0 aromatic heterocycles. The minimum Gasteiger partial charge on any atom is -0.312 e. The summed E-state index contributed by atoms with van der Waals surface area (Å²) in [5.41, 5.74) is 1.35. The maximum Gasteiger partial charge on any atom is 0.0380 e. The van der Waals surface area contributed by atoms with Crippen LogP contribution in [0.2, 0.25) is 0 Å². The number of hydrogen-bond donors (Lipinski definition) is 1. The first-order chi connectivity index (χ1) is 8.22. The average molecular weight is 255 g/mol. The number of halogens is 1. The van der Waals surface area contributed by atoms with Gasteiger partial charge in [-0.25, -0.2) is 0 Å². The quantitative estimate of drug-likeness (QED) is 0.566. The Labute approximate surface area is 110 Å². The zero-order valence-corrected chi connectivity index (χ0v) is 11.6. The van der Waals surface area contributed by atoms with E-state index >= 15 is 0 Å². The van der Waals surface area contributed by atoms with E-state index in [0.29, 0.717) is 11.9 Å². The number of nitrogens with zero attached hydrogens (tertiary/aromatic N) is 1. The van der Waals surface area contributed by atoms with Crippen LogP contribution in [0.4, 0.5) is 0 Å². The average Bonchev–Trinajstić information content (AvgIpc) is 2.34. The van der Waals surface area contributed by atoms with Gasteiger partial charge >= 0.3 is 0 Å². The Morgan fingerprint density at radius 1 is 1.24 bits per heavy atom. The lowest BCUT2D eigenvalue weighted by Gasteiger charge is -2.17. The molecule has 1 N–H and O–H groups in total. The standard InChI is InChI=1S/C14H23ClN2/c1-17(2)10-6-9-16-14(12-15)11-13-7-4-3-5-8-13/h3-5,7-8,14,16H,6,9-12H2,1-2H3. The normalized spacial score (nSPS) is 12.9. The smallest absolute Gasteiger partial charge is 0.0380 e. The fourth-order valence-electron chi connectivity index (χ4n) is 1.78. The van der Waals surface area contributed by atoms with Gasteiger partial charge in [0.25, 0.3) is 0 Å². The summed E-state index contributed by atoms with van der Waals surface area (Å²) in [6.07, 6.45) is 2.17. The Balaban J connectivity index is 2.24. The molecule has 0 fully saturated rings. The SMILES string of the molecule is CN(C)CCCNC(CCl)Cc1ccccc1. The van der Waals surface area contributed by atoms with Crippen molar-refractivity contribution in [2.24, 2.45) is 0 Å². The van der Waals surface area contributed by atoms with Crippen LogP contribution in [-0.2, 0) is 6.42 Å². The van der Waals surface area contributed by atoms with Gasteiger partial charge < -0.3 is 10.2 Å². The zero-order valence-electron chi connectivity index (χ0n) is 10.8. The maximum absolute atomic E-state index is 5.99. The molecule has 1 rings (SSSR count). The summed E-state index contributed by atoms with van der Waals surface area (Å²) >= 11 is 5.99. The first-order valence-corrected chi connectivity index (χ1v) is 6.74. The summed E-state index contributed by atoms with van der Waals surface area (Å²) in [7, 11) is 4.20. The molecule has 0 aliphatic rings. The molecule has 3 heteroatoms. The topological polar surface area (TPSA) is 15.3 Å². The predicted molar refractivity (Wildman–Crippen MR) is 75.8 cm³/mol. The van der Waals surface area contributed by atoms with E-state index in [4.69, 9.17) is 11.6 Å². The van der Waals surface area contributed by atoms with E-state index in [1.165, 1.54) is 5.56 Å². The van der Waals surface area contributed by atoms with Gasteiger partial charge in [0.05, 0.1) is 0 Å². The highest BCUT2D eigenvalue weighted by molar-refractivity contribution is 6.18. The molecular formula is C14H23ClN2.